The zero-order valence-electron chi connectivity index (χ0n) is 11.1. The summed E-state index contributed by atoms with van der Waals surface area (Å²) >= 11 is 0. The summed E-state index contributed by atoms with van der Waals surface area (Å²) in [6, 6.07) is 7.53. The van der Waals surface area contributed by atoms with Gasteiger partial charge in [-0.1, -0.05) is 24.3 Å². The van der Waals surface area contributed by atoms with Crippen LogP contribution >= 0.6 is 0 Å². The van der Waals surface area contributed by atoms with E-state index < -0.39 is 10.0 Å². The van der Waals surface area contributed by atoms with Gasteiger partial charge in [0.05, 0.1) is 12.4 Å². The molecule has 1 aliphatic rings. The molecular weight excluding hydrogens is 264 g/mol. The minimum Gasteiger partial charge on any atom is -0.380 e. The maximum absolute atomic E-state index is 12.0. The maximum Gasteiger partial charge on any atom is 0.216 e. The van der Waals surface area contributed by atoms with E-state index in [9.17, 15) is 8.42 Å². The Hall–Kier alpha value is -0.950. The number of hydrogen-bond acceptors (Lipinski definition) is 4. The highest BCUT2D eigenvalue weighted by Gasteiger charge is 2.22. The molecule has 6 heteroatoms. The minimum atomic E-state index is -3.29. The Morgan fingerprint density at radius 1 is 1.26 bits per heavy atom. The lowest BCUT2D eigenvalue weighted by molar-refractivity contribution is 0.192. The maximum atomic E-state index is 12.0. The van der Waals surface area contributed by atoms with E-state index in [-0.39, 0.29) is 11.8 Å². The van der Waals surface area contributed by atoms with Crippen LogP contribution in [0, 0.1) is 0 Å². The van der Waals surface area contributed by atoms with Crippen LogP contribution in [-0.2, 0) is 27.1 Å². The second-order valence-corrected chi connectivity index (χ2v) is 6.54. The van der Waals surface area contributed by atoms with E-state index in [1.807, 2.05) is 31.3 Å². The Morgan fingerprint density at radius 2 is 1.95 bits per heavy atom. The number of benzene rings is 1. The van der Waals surface area contributed by atoms with Gasteiger partial charge in [-0.25, -0.2) is 13.1 Å². The van der Waals surface area contributed by atoms with Gasteiger partial charge >= 0.3 is 0 Å². The van der Waals surface area contributed by atoms with E-state index in [4.69, 9.17) is 4.74 Å². The molecule has 1 aromatic carbocycles. The highest BCUT2D eigenvalue weighted by molar-refractivity contribution is 7.88. The molecule has 0 aliphatic carbocycles. The first-order chi connectivity index (χ1) is 9.09. The molecule has 0 radical (unpaired) electrons. The Bertz CT molecular complexity index is 493. The topological polar surface area (TPSA) is 67.4 Å². The Morgan fingerprint density at radius 3 is 2.53 bits per heavy atom. The second kappa shape index (κ2) is 6.47. The van der Waals surface area contributed by atoms with Gasteiger partial charge in [-0.3, -0.25) is 0 Å². The van der Waals surface area contributed by atoms with Gasteiger partial charge in [0.25, 0.3) is 0 Å². The van der Waals surface area contributed by atoms with E-state index in [1.54, 1.807) is 0 Å². The first kappa shape index (κ1) is 14.5. The van der Waals surface area contributed by atoms with E-state index in [2.05, 4.69) is 10.0 Å². The smallest absolute Gasteiger partial charge is 0.216 e. The average molecular weight is 284 g/mol. The van der Waals surface area contributed by atoms with Crippen molar-refractivity contribution in [3.63, 3.8) is 0 Å². The largest absolute Gasteiger partial charge is 0.380 e. The predicted molar refractivity (Wildman–Crippen MR) is 74.2 cm³/mol. The lowest BCUT2D eigenvalue weighted by atomic mass is 10.1. The zero-order valence-corrected chi connectivity index (χ0v) is 11.9. The van der Waals surface area contributed by atoms with Crippen molar-refractivity contribution in [1.82, 2.24) is 10.0 Å². The van der Waals surface area contributed by atoms with Crippen molar-refractivity contribution in [1.29, 1.82) is 0 Å². The van der Waals surface area contributed by atoms with Crippen LogP contribution in [0.25, 0.3) is 0 Å². The van der Waals surface area contributed by atoms with Crippen LogP contribution in [0.4, 0.5) is 0 Å². The van der Waals surface area contributed by atoms with Crippen molar-refractivity contribution in [3.8, 4) is 0 Å². The van der Waals surface area contributed by atoms with Crippen molar-refractivity contribution in [2.24, 2.45) is 0 Å². The molecule has 19 heavy (non-hydrogen) atoms. The summed E-state index contributed by atoms with van der Waals surface area (Å²) in [4.78, 5) is 0. The Balaban J connectivity index is 1.94. The van der Waals surface area contributed by atoms with Crippen molar-refractivity contribution < 1.29 is 13.2 Å². The Kier molecular flexibility index (Phi) is 4.93. The van der Waals surface area contributed by atoms with E-state index in [0.717, 1.165) is 24.1 Å². The molecule has 2 N–H and O–H groups in total. The van der Waals surface area contributed by atoms with Gasteiger partial charge in [0.15, 0.2) is 0 Å². The second-order valence-electron chi connectivity index (χ2n) is 4.78. The quantitative estimate of drug-likeness (QED) is 0.803. The Labute approximate surface area is 114 Å². The van der Waals surface area contributed by atoms with Crippen molar-refractivity contribution in [2.45, 2.75) is 24.8 Å². The van der Waals surface area contributed by atoms with Crippen molar-refractivity contribution >= 4 is 10.0 Å². The van der Waals surface area contributed by atoms with Crippen LogP contribution < -0.4 is 10.0 Å². The van der Waals surface area contributed by atoms with Crippen LogP contribution in [0.2, 0.25) is 0 Å². The fourth-order valence-electron chi connectivity index (χ4n) is 2.10. The molecule has 1 aliphatic heterocycles. The van der Waals surface area contributed by atoms with E-state index in [1.165, 1.54) is 0 Å². The van der Waals surface area contributed by atoms with Crippen LogP contribution in [0.1, 0.15) is 17.5 Å². The van der Waals surface area contributed by atoms with Gasteiger partial charge in [-0.15, -0.1) is 0 Å². The fourth-order valence-corrected chi connectivity index (χ4v) is 3.51. The summed E-state index contributed by atoms with van der Waals surface area (Å²) in [6.07, 6.45) is 0.750. The van der Waals surface area contributed by atoms with Gasteiger partial charge < -0.3 is 10.1 Å². The zero-order chi connectivity index (χ0) is 13.7. The number of ether oxygens (including phenoxy) is 1. The van der Waals surface area contributed by atoms with Gasteiger partial charge in [0.1, 0.15) is 0 Å². The monoisotopic (exact) mass is 284 g/mol. The van der Waals surface area contributed by atoms with Gasteiger partial charge in [0.2, 0.25) is 10.0 Å². The molecule has 0 saturated carbocycles. The summed E-state index contributed by atoms with van der Waals surface area (Å²) in [6.45, 7) is 1.89. The van der Waals surface area contributed by atoms with Crippen molar-refractivity contribution in [3.05, 3.63) is 35.4 Å². The molecule has 1 saturated heterocycles. The van der Waals surface area contributed by atoms with E-state index >= 15 is 0 Å². The molecule has 1 fully saturated rings. The molecule has 0 aromatic heterocycles. The number of nitrogens with one attached hydrogen (secondary N) is 2. The summed E-state index contributed by atoms with van der Waals surface area (Å²) in [5.41, 5.74) is 1.94. The predicted octanol–water partition coefficient (Wildman–Crippen LogP) is 0.614. The third-order valence-electron chi connectivity index (χ3n) is 3.04. The third kappa shape index (κ3) is 4.58. The summed E-state index contributed by atoms with van der Waals surface area (Å²) < 4.78 is 31.8. The molecule has 106 valence electrons. The lowest BCUT2D eigenvalue weighted by Gasteiger charge is -2.11. The molecule has 1 aromatic rings. The molecule has 1 unspecified atom stereocenters. The minimum absolute atomic E-state index is 0.0172. The highest BCUT2D eigenvalue weighted by atomic mass is 32.2. The summed E-state index contributed by atoms with van der Waals surface area (Å²) in [5.74, 6) is 0.0172. The highest BCUT2D eigenvalue weighted by Crippen LogP contribution is 2.10. The van der Waals surface area contributed by atoms with Crippen molar-refractivity contribution in [2.75, 3.05) is 20.3 Å². The molecule has 1 heterocycles. The van der Waals surface area contributed by atoms with Gasteiger partial charge in [-0.05, 0) is 24.6 Å². The first-order valence-corrected chi connectivity index (χ1v) is 8.04. The van der Waals surface area contributed by atoms with Crippen LogP contribution in [-0.4, -0.2) is 34.7 Å². The lowest BCUT2D eigenvalue weighted by Crippen LogP contribution is -2.35. The normalized spacial score (nSPS) is 19.7. The number of rotatable bonds is 6. The number of hydrogen-bond donors (Lipinski definition) is 2. The molecule has 2 rings (SSSR count). The fraction of sp³-hybridized carbons (Fsp3) is 0.538. The summed E-state index contributed by atoms with van der Waals surface area (Å²) in [5, 5.41) is 3.06. The first-order valence-electron chi connectivity index (χ1n) is 6.39. The summed E-state index contributed by atoms with van der Waals surface area (Å²) in [7, 11) is -1.41. The molecule has 1 atom stereocenters. The van der Waals surface area contributed by atoms with Crippen LogP contribution in [0.5, 0.6) is 0 Å². The molecule has 0 amide bonds. The SMILES string of the molecule is CNCc1ccc(CS(=O)(=O)NC2CCOC2)cc1. The third-order valence-corrected chi connectivity index (χ3v) is 4.44. The van der Waals surface area contributed by atoms with Gasteiger partial charge in [0, 0.05) is 19.2 Å². The standard InChI is InChI=1S/C13H20N2O3S/c1-14-8-11-2-4-12(5-3-11)10-19(16,17)15-13-6-7-18-9-13/h2-5,13-15H,6-10H2,1H3. The molecule has 0 bridgehead atoms. The van der Waals surface area contributed by atoms with Gasteiger partial charge in [-0.2, -0.15) is 0 Å². The average Bonchev–Trinajstić information content (AvgIpc) is 2.83. The number of sulfonamides is 1. The molecule has 0 spiro atoms. The molecule has 5 nitrogen and oxygen atoms in total. The molecular formula is C13H20N2O3S. The van der Waals surface area contributed by atoms with E-state index in [0.29, 0.717) is 13.2 Å². The van der Waals surface area contributed by atoms with Crippen LogP contribution in [0.15, 0.2) is 24.3 Å². The van der Waals surface area contributed by atoms with Crippen LogP contribution in [0.3, 0.4) is 0 Å².